The zero-order chi connectivity index (χ0) is 14.6. The Balaban J connectivity index is 2.07. The second kappa shape index (κ2) is 6.08. The van der Waals surface area contributed by atoms with Crippen molar-refractivity contribution in [2.45, 2.75) is 25.6 Å². The Morgan fingerprint density at radius 2 is 2.15 bits per heavy atom. The van der Waals surface area contributed by atoms with Crippen LogP contribution in [-0.2, 0) is 9.53 Å². The summed E-state index contributed by atoms with van der Waals surface area (Å²) in [6.45, 7) is 4.56. The van der Waals surface area contributed by atoms with Crippen molar-refractivity contribution in [2.75, 3.05) is 19.7 Å². The van der Waals surface area contributed by atoms with Gasteiger partial charge in [0, 0.05) is 11.5 Å². The molecular formula is C16H19NO3. The predicted octanol–water partition coefficient (Wildman–Crippen LogP) is 1.04. The average Bonchev–Trinajstić information content (AvgIpc) is 2.44. The number of carbonyl (C=O) groups excluding carboxylic acids is 1. The highest BCUT2D eigenvalue weighted by Crippen LogP contribution is 2.20. The van der Waals surface area contributed by atoms with Gasteiger partial charge in [-0.1, -0.05) is 24.1 Å². The molecule has 1 aromatic carbocycles. The molecule has 1 unspecified atom stereocenters. The molecule has 0 spiro atoms. The first-order valence-electron chi connectivity index (χ1n) is 6.65. The van der Waals surface area contributed by atoms with Crippen LogP contribution in [0.1, 0.15) is 19.4 Å². The third-order valence-corrected chi connectivity index (χ3v) is 3.06. The van der Waals surface area contributed by atoms with Gasteiger partial charge in [-0.25, -0.2) is 0 Å². The number of aliphatic hydroxyl groups is 1. The second-order valence-electron chi connectivity index (χ2n) is 5.48. The van der Waals surface area contributed by atoms with Crippen LogP contribution in [0.15, 0.2) is 30.3 Å². The van der Waals surface area contributed by atoms with Crippen LogP contribution in [0.5, 0.6) is 0 Å². The Bertz CT molecular complexity index is 528. The maximum atomic E-state index is 12.1. The Labute approximate surface area is 119 Å². The lowest BCUT2D eigenvalue weighted by Crippen LogP contribution is -2.55. The molecule has 1 amide bonds. The van der Waals surface area contributed by atoms with Gasteiger partial charge in [0.05, 0.1) is 31.4 Å². The summed E-state index contributed by atoms with van der Waals surface area (Å²) in [6, 6.07) is 9.39. The zero-order valence-electron chi connectivity index (χ0n) is 11.8. The largest absolute Gasteiger partial charge is 0.394 e. The van der Waals surface area contributed by atoms with E-state index in [2.05, 4.69) is 11.8 Å². The van der Waals surface area contributed by atoms with E-state index in [4.69, 9.17) is 4.74 Å². The number of amides is 1. The molecule has 20 heavy (non-hydrogen) atoms. The second-order valence-corrected chi connectivity index (χ2v) is 5.48. The van der Waals surface area contributed by atoms with Crippen molar-refractivity contribution in [1.29, 1.82) is 0 Å². The molecule has 2 rings (SSSR count). The van der Waals surface area contributed by atoms with Crippen molar-refractivity contribution in [1.82, 2.24) is 4.90 Å². The quantitative estimate of drug-likeness (QED) is 0.778. The van der Waals surface area contributed by atoms with Gasteiger partial charge >= 0.3 is 0 Å². The van der Waals surface area contributed by atoms with Gasteiger partial charge in [0.25, 0.3) is 5.91 Å². The summed E-state index contributed by atoms with van der Waals surface area (Å²) in [5.41, 5.74) is 0.350. The minimum absolute atomic E-state index is 0.0979. The highest BCUT2D eigenvalue weighted by molar-refractivity contribution is 5.94. The Morgan fingerprint density at radius 3 is 2.80 bits per heavy atom. The molecule has 1 aliphatic rings. The van der Waals surface area contributed by atoms with Gasteiger partial charge in [0.15, 0.2) is 0 Å². The summed E-state index contributed by atoms with van der Waals surface area (Å²) in [4.78, 5) is 13.8. The van der Waals surface area contributed by atoms with Crippen LogP contribution >= 0.6 is 0 Å². The van der Waals surface area contributed by atoms with Crippen LogP contribution in [0.3, 0.4) is 0 Å². The van der Waals surface area contributed by atoms with E-state index in [0.717, 1.165) is 5.56 Å². The molecule has 106 valence electrons. The first-order chi connectivity index (χ1) is 9.50. The summed E-state index contributed by atoms with van der Waals surface area (Å²) in [6.07, 6.45) is -0.346. The first kappa shape index (κ1) is 14.6. The van der Waals surface area contributed by atoms with Crippen LogP contribution in [0.2, 0.25) is 0 Å². The molecule has 1 atom stereocenters. The molecule has 1 heterocycles. The normalized spacial score (nSPS) is 20.9. The van der Waals surface area contributed by atoms with Crippen molar-refractivity contribution in [3.63, 3.8) is 0 Å². The van der Waals surface area contributed by atoms with Gasteiger partial charge in [-0.15, -0.1) is 0 Å². The summed E-state index contributed by atoms with van der Waals surface area (Å²) >= 11 is 0. The number of aliphatic hydroxyl groups excluding tert-OH is 1. The van der Waals surface area contributed by atoms with E-state index >= 15 is 0 Å². The maximum Gasteiger partial charge on any atom is 0.299 e. The van der Waals surface area contributed by atoms with E-state index in [0.29, 0.717) is 13.1 Å². The summed E-state index contributed by atoms with van der Waals surface area (Å²) in [7, 11) is 0. The Kier molecular flexibility index (Phi) is 4.43. The van der Waals surface area contributed by atoms with Crippen molar-refractivity contribution in [2.24, 2.45) is 0 Å². The van der Waals surface area contributed by atoms with E-state index in [1.807, 2.05) is 44.2 Å². The van der Waals surface area contributed by atoms with Crippen LogP contribution in [-0.4, -0.2) is 47.3 Å². The number of ether oxygens (including phenoxy) is 1. The number of morpholine rings is 1. The van der Waals surface area contributed by atoms with Crippen LogP contribution in [0.25, 0.3) is 0 Å². The fraction of sp³-hybridized carbons (Fsp3) is 0.438. The first-order valence-corrected chi connectivity index (χ1v) is 6.65. The standard InChI is InChI=1S/C16H19NO3/c1-16(2)12-17(10-14(11-18)20-16)15(19)9-8-13-6-4-3-5-7-13/h3-7,14,18H,10-12H2,1-2H3. The van der Waals surface area contributed by atoms with E-state index in [-0.39, 0.29) is 18.6 Å². The molecule has 0 saturated carbocycles. The number of nitrogens with zero attached hydrogens (tertiary/aromatic N) is 1. The molecule has 1 aromatic rings. The van der Waals surface area contributed by atoms with Gasteiger partial charge in [0.1, 0.15) is 0 Å². The molecule has 0 aliphatic carbocycles. The minimum atomic E-state index is -0.463. The van der Waals surface area contributed by atoms with E-state index in [1.54, 1.807) is 4.90 Å². The topological polar surface area (TPSA) is 49.8 Å². The fourth-order valence-electron chi connectivity index (χ4n) is 2.27. The number of hydrogen-bond acceptors (Lipinski definition) is 3. The molecule has 1 saturated heterocycles. The van der Waals surface area contributed by atoms with Crippen molar-refractivity contribution >= 4 is 5.91 Å². The van der Waals surface area contributed by atoms with Gasteiger partial charge in [-0.05, 0) is 26.0 Å². The summed E-state index contributed by atoms with van der Waals surface area (Å²) < 4.78 is 5.67. The minimum Gasteiger partial charge on any atom is -0.394 e. The van der Waals surface area contributed by atoms with E-state index in [9.17, 15) is 9.90 Å². The number of hydrogen-bond donors (Lipinski definition) is 1. The lowest BCUT2D eigenvalue weighted by Gasteiger charge is -2.41. The average molecular weight is 273 g/mol. The summed E-state index contributed by atoms with van der Waals surface area (Å²) in [5, 5.41) is 9.23. The van der Waals surface area contributed by atoms with Crippen LogP contribution in [0.4, 0.5) is 0 Å². The highest BCUT2D eigenvalue weighted by atomic mass is 16.5. The fourth-order valence-corrected chi connectivity index (χ4v) is 2.27. The lowest BCUT2D eigenvalue weighted by atomic mass is 10.1. The Morgan fingerprint density at radius 1 is 1.45 bits per heavy atom. The molecule has 0 bridgehead atoms. The van der Waals surface area contributed by atoms with Gasteiger partial charge in [-0.3, -0.25) is 4.79 Å². The molecule has 4 heteroatoms. The molecular weight excluding hydrogens is 254 g/mol. The third kappa shape index (κ3) is 3.83. The number of rotatable bonds is 1. The predicted molar refractivity (Wildman–Crippen MR) is 75.9 cm³/mol. The van der Waals surface area contributed by atoms with Gasteiger partial charge in [-0.2, -0.15) is 0 Å². The third-order valence-electron chi connectivity index (χ3n) is 3.06. The van der Waals surface area contributed by atoms with Gasteiger partial charge < -0.3 is 14.7 Å². The maximum absolute atomic E-state index is 12.1. The van der Waals surface area contributed by atoms with Crippen molar-refractivity contribution in [3.8, 4) is 11.8 Å². The van der Waals surface area contributed by atoms with E-state index < -0.39 is 5.60 Å². The smallest absolute Gasteiger partial charge is 0.299 e. The number of benzene rings is 1. The highest BCUT2D eigenvalue weighted by Gasteiger charge is 2.34. The van der Waals surface area contributed by atoms with Crippen LogP contribution in [0, 0.1) is 11.8 Å². The molecule has 1 N–H and O–H groups in total. The van der Waals surface area contributed by atoms with Gasteiger partial charge in [0.2, 0.25) is 0 Å². The molecule has 1 fully saturated rings. The zero-order valence-corrected chi connectivity index (χ0v) is 11.8. The molecule has 0 radical (unpaired) electrons. The Hall–Kier alpha value is -1.83. The lowest BCUT2D eigenvalue weighted by molar-refractivity contribution is -0.162. The number of carbonyl (C=O) groups is 1. The monoisotopic (exact) mass is 273 g/mol. The molecule has 0 aromatic heterocycles. The molecule has 1 aliphatic heterocycles. The summed E-state index contributed by atoms with van der Waals surface area (Å²) in [5.74, 6) is 5.28. The van der Waals surface area contributed by atoms with Crippen molar-refractivity contribution in [3.05, 3.63) is 35.9 Å². The van der Waals surface area contributed by atoms with Crippen LogP contribution < -0.4 is 0 Å². The van der Waals surface area contributed by atoms with E-state index in [1.165, 1.54) is 0 Å². The van der Waals surface area contributed by atoms with Crippen molar-refractivity contribution < 1.29 is 14.6 Å². The SMILES string of the molecule is CC1(C)CN(C(=O)C#Cc2ccccc2)CC(CO)O1. The molecule has 4 nitrogen and oxygen atoms in total.